The summed E-state index contributed by atoms with van der Waals surface area (Å²) in [5.74, 6) is -0.0922. The second-order valence-electron chi connectivity index (χ2n) is 7.09. The number of halogens is 1. The lowest BCUT2D eigenvalue weighted by Gasteiger charge is -2.38. The Morgan fingerprint density at radius 2 is 1.92 bits per heavy atom. The molecule has 0 bridgehead atoms. The molecule has 0 aromatic heterocycles. The monoisotopic (exact) mass is 399 g/mol. The third-order valence-electron chi connectivity index (χ3n) is 5.15. The van der Waals surface area contributed by atoms with Crippen LogP contribution in [-0.4, -0.2) is 60.1 Å². The van der Waals surface area contributed by atoms with Crippen molar-refractivity contribution in [3.63, 3.8) is 0 Å². The van der Waals surface area contributed by atoms with Crippen LogP contribution < -0.4 is 0 Å². The van der Waals surface area contributed by atoms with Crippen LogP contribution in [0.25, 0.3) is 0 Å². The number of rotatable bonds is 4. The minimum absolute atomic E-state index is 0.0707. The fraction of sp³-hybridized carbons (Fsp3) is 0.611. The maximum absolute atomic E-state index is 13.0. The van der Waals surface area contributed by atoms with Gasteiger partial charge in [0.05, 0.1) is 6.54 Å². The highest BCUT2D eigenvalue weighted by atomic mass is 35.5. The molecule has 1 unspecified atom stereocenters. The van der Waals surface area contributed by atoms with E-state index in [0.717, 1.165) is 31.4 Å². The molecule has 1 amide bonds. The number of likely N-dealkylation sites (tertiary alicyclic amines) is 1. The predicted octanol–water partition coefficient (Wildman–Crippen LogP) is 2.49. The van der Waals surface area contributed by atoms with Crippen LogP contribution in [0.4, 0.5) is 0 Å². The molecular weight excluding hydrogens is 374 g/mol. The summed E-state index contributed by atoms with van der Waals surface area (Å²) in [5, 5.41) is 0.586. The van der Waals surface area contributed by atoms with Crippen molar-refractivity contribution in [2.24, 2.45) is 0 Å². The molecule has 26 heavy (non-hydrogen) atoms. The number of benzene rings is 1. The molecule has 1 aromatic carbocycles. The molecule has 0 spiro atoms. The van der Waals surface area contributed by atoms with Gasteiger partial charge in [-0.2, -0.15) is 17.0 Å². The average Bonchev–Trinajstić information content (AvgIpc) is 2.59. The first-order valence-corrected chi connectivity index (χ1v) is 10.9. The van der Waals surface area contributed by atoms with E-state index < -0.39 is 10.2 Å². The van der Waals surface area contributed by atoms with E-state index in [2.05, 4.69) is 0 Å². The topological polar surface area (TPSA) is 60.9 Å². The van der Waals surface area contributed by atoms with Crippen molar-refractivity contribution in [1.82, 2.24) is 13.5 Å². The van der Waals surface area contributed by atoms with Crippen LogP contribution in [0, 0.1) is 0 Å². The van der Waals surface area contributed by atoms with E-state index in [9.17, 15) is 13.2 Å². The Labute approximate surface area is 160 Å². The zero-order valence-electron chi connectivity index (χ0n) is 15.1. The molecule has 2 heterocycles. The minimum Gasteiger partial charge on any atom is -0.339 e. The number of piperidine rings is 1. The van der Waals surface area contributed by atoms with Gasteiger partial charge < -0.3 is 4.90 Å². The highest BCUT2D eigenvalue weighted by Gasteiger charge is 2.36. The number of carbonyl (C=O) groups excluding carboxylic acids is 1. The van der Waals surface area contributed by atoms with Gasteiger partial charge in [-0.25, -0.2) is 0 Å². The third-order valence-corrected chi connectivity index (χ3v) is 7.31. The van der Waals surface area contributed by atoms with Crippen molar-refractivity contribution >= 4 is 27.7 Å². The summed E-state index contributed by atoms with van der Waals surface area (Å²) in [6, 6.07) is 7.40. The highest BCUT2D eigenvalue weighted by Crippen LogP contribution is 2.22. The Bertz CT molecular complexity index is 756. The molecular formula is C18H26ClN3O3S. The number of hydrogen-bond acceptors (Lipinski definition) is 3. The zero-order valence-corrected chi connectivity index (χ0v) is 16.7. The SMILES string of the molecule is CC1CCCCN1C(=O)CN1CCCN(Cc2cccc(Cl)c2)S1(=O)=O. The molecule has 0 aliphatic carbocycles. The van der Waals surface area contributed by atoms with E-state index in [0.29, 0.717) is 24.5 Å². The van der Waals surface area contributed by atoms with Gasteiger partial charge in [-0.15, -0.1) is 0 Å². The lowest BCUT2D eigenvalue weighted by molar-refractivity contribution is -0.134. The fourth-order valence-corrected chi connectivity index (χ4v) is 5.53. The number of carbonyl (C=O) groups is 1. The molecule has 0 radical (unpaired) electrons. The van der Waals surface area contributed by atoms with Gasteiger partial charge in [0.2, 0.25) is 5.91 Å². The summed E-state index contributed by atoms with van der Waals surface area (Å²) in [6.45, 7) is 3.81. The molecule has 0 N–H and O–H groups in total. The Hall–Kier alpha value is -1.15. The molecule has 3 rings (SSSR count). The Morgan fingerprint density at radius 3 is 2.65 bits per heavy atom. The van der Waals surface area contributed by atoms with Gasteiger partial charge in [0.15, 0.2) is 0 Å². The summed E-state index contributed by atoms with van der Waals surface area (Å²) in [5.41, 5.74) is 0.846. The van der Waals surface area contributed by atoms with Crippen molar-refractivity contribution in [3.05, 3.63) is 34.9 Å². The molecule has 2 aliphatic rings. The maximum atomic E-state index is 13.0. The van der Waals surface area contributed by atoms with Gasteiger partial charge in [0.1, 0.15) is 0 Å². The lowest BCUT2D eigenvalue weighted by Crippen LogP contribution is -2.54. The number of amides is 1. The summed E-state index contributed by atoms with van der Waals surface area (Å²) < 4.78 is 28.7. The average molecular weight is 400 g/mol. The van der Waals surface area contributed by atoms with Crippen molar-refractivity contribution < 1.29 is 13.2 Å². The second-order valence-corrected chi connectivity index (χ2v) is 9.46. The molecule has 2 aliphatic heterocycles. The van der Waals surface area contributed by atoms with Gasteiger partial charge in [-0.3, -0.25) is 4.79 Å². The molecule has 2 saturated heterocycles. The van der Waals surface area contributed by atoms with Crippen LogP contribution in [0.5, 0.6) is 0 Å². The first kappa shape index (κ1) is 19.6. The van der Waals surface area contributed by atoms with E-state index in [4.69, 9.17) is 11.6 Å². The van der Waals surface area contributed by atoms with E-state index in [-0.39, 0.29) is 25.0 Å². The molecule has 1 aromatic rings. The van der Waals surface area contributed by atoms with Gasteiger partial charge >= 0.3 is 0 Å². The lowest BCUT2D eigenvalue weighted by atomic mass is 10.0. The van der Waals surface area contributed by atoms with Crippen LogP contribution in [0.2, 0.25) is 5.02 Å². The number of hydrogen-bond donors (Lipinski definition) is 0. The molecule has 1 atom stereocenters. The van der Waals surface area contributed by atoms with Crippen LogP contribution in [-0.2, 0) is 21.5 Å². The van der Waals surface area contributed by atoms with E-state index >= 15 is 0 Å². The third kappa shape index (κ3) is 4.39. The van der Waals surface area contributed by atoms with Crippen LogP contribution in [0.3, 0.4) is 0 Å². The van der Waals surface area contributed by atoms with Crippen molar-refractivity contribution in [2.75, 3.05) is 26.2 Å². The minimum atomic E-state index is -3.65. The highest BCUT2D eigenvalue weighted by molar-refractivity contribution is 7.86. The predicted molar refractivity (Wildman–Crippen MR) is 102 cm³/mol. The Balaban J connectivity index is 1.69. The maximum Gasteiger partial charge on any atom is 0.282 e. The summed E-state index contributed by atoms with van der Waals surface area (Å²) in [4.78, 5) is 14.5. The fourth-order valence-electron chi connectivity index (χ4n) is 3.69. The molecule has 6 nitrogen and oxygen atoms in total. The van der Waals surface area contributed by atoms with Gasteiger partial charge in [0.25, 0.3) is 10.2 Å². The first-order valence-electron chi connectivity index (χ1n) is 9.17. The van der Waals surface area contributed by atoms with E-state index in [1.165, 1.54) is 8.61 Å². The van der Waals surface area contributed by atoms with Gasteiger partial charge in [-0.1, -0.05) is 23.7 Å². The Kier molecular flexibility index (Phi) is 6.22. The molecule has 0 saturated carbocycles. The standard InChI is InChI=1S/C18H26ClN3O3S/c1-15-6-2-3-11-22(15)18(23)14-21-10-5-9-20(26(21,24)25)13-16-7-4-8-17(19)12-16/h4,7-8,12,15H,2-3,5-6,9-11,13-14H2,1H3. The zero-order chi connectivity index (χ0) is 18.7. The van der Waals surface area contributed by atoms with Crippen molar-refractivity contribution in [1.29, 1.82) is 0 Å². The summed E-state index contributed by atoms with van der Waals surface area (Å²) in [6.07, 6.45) is 3.81. The normalized spacial score (nSPS) is 24.5. The smallest absolute Gasteiger partial charge is 0.282 e. The van der Waals surface area contributed by atoms with E-state index in [1.54, 1.807) is 12.1 Å². The molecule has 2 fully saturated rings. The number of nitrogens with zero attached hydrogens (tertiary/aromatic N) is 3. The molecule has 144 valence electrons. The first-order chi connectivity index (χ1) is 12.4. The Morgan fingerprint density at radius 1 is 1.15 bits per heavy atom. The van der Waals surface area contributed by atoms with Crippen LogP contribution >= 0.6 is 11.6 Å². The van der Waals surface area contributed by atoms with Crippen LogP contribution in [0.15, 0.2) is 24.3 Å². The largest absolute Gasteiger partial charge is 0.339 e. The summed E-state index contributed by atoms with van der Waals surface area (Å²) >= 11 is 6.00. The quantitative estimate of drug-likeness (QED) is 0.781. The van der Waals surface area contributed by atoms with E-state index in [1.807, 2.05) is 24.0 Å². The molecule has 8 heteroatoms. The second kappa shape index (κ2) is 8.25. The van der Waals surface area contributed by atoms with Crippen LogP contribution in [0.1, 0.15) is 38.2 Å². The van der Waals surface area contributed by atoms with Crippen molar-refractivity contribution in [2.45, 2.75) is 45.2 Å². The van der Waals surface area contributed by atoms with Gasteiger partial charge in [0, 0.05) is 37.2 Å². The van der Waals surface area contributed by atoms with Gasteiger partial charge in [-0.05, 0) is 50.3 Å². The van der Waals surface area contributed by atoms with Crippen molar-refractivity contribution in [3.8, 4) is 0 Å². The summed E-state index contributed by atoms with van der Waals surface area (Å²) in [7, 11) is -3.65.